The van der Waals surface area contributed by atoms with Crippen LogP contribution in [0.4, 0.5) is 0 Å². The van der Waals surface area contributed by atoms with Crippen LogP contribution in [0.5, 0.6) is 0 Å². The zero-order valence-electron chi connectivity index (χ0n) is 7.45. The van der Waals surface area contributed by atoms with E-state index in [-0.39, 0.29) is 6.10 Å². The van der Waals surface area contributed by atoms with Gasteiger partial charge >= 0.3 is 0 Å². The molecule has 3 atom stereocenters. The van der Waals surface area contributed by atoms with Crippen molar-refractivity contribution in [1.29, 1.82) is 0 Å². The maximum Gasteiger partial charge on any atom is 0.106 e. The van der Waals surface area contributed by atoms with Gasteiger partial charge in [-0.25, -0.2) is 0 Å². The minimum Gasteiger partial charge on any atom is -0.390 e. The summed E-state index contributed by atoms with van der Waals surface area (Å²) in [5.41, 5.74) is 0. The highest BCUT2D eigenvalue weighted by Gasteiger charge is 2.27. The number of ether oxygens (including phenoxy) is 1. The molecule has 1 heterocycles. The lowest BCUT2D eigenvalue weighted by molar-refractivity contribution is -0.127. The molecule has 0 bridgehead atoms. The topological polar surface area (TPSA) is 49.7 Å². The fraction of sp³-hybridized carbons (Fsp3) is 1.00. The predicted octanol–water partition coefficient (Wildman–Crippen LogP) is 0.543. The molecule has 1 saturated heterocycles. The third kappa shape index (κ3) is 3.18. The van der Waals surface area contributed by atoms with Gasteiger partial charge in [0.05, 0.1) is 12.2 Å². The monoisotopic (exact) mass is 162 g/mol. The molecule has 3 heteroatoms. The molecule has 1 fully saturated rings. The molecule has 0 spiro atoms. The zero-order chi connectivity index (χ0) is 8.85. The van der Waals surface area contributed by atoms with Crippen LogP contribution in [0.15, 0.2) is 0 Å². The Balaban J connectivity index is 0.000000461. The quantitative estimate of drug-likeness (QED) is 0.546. The standard InChI is InChI=1S/C6H12O3.C2H6/c1-4-6(8)5(7)2-3-9-4;1-2/h4-8H,2-3H2,1H3;1-2H3. The molecule has 11 heavy (non-hydrogen) atoms. The van der Waals surface area contributed by atoms with Crippen molar-refractivity contribution < 1.29 is 14.9 Å². The van der Waals surface area contributed by atoms with Crippen LogP contribution in [0, 0.1) is 0 Å². The third-order valence-electron chi connectivity index (χ3n) is 1.67. The van der Waals surface area contributed by atoms with E-state index in [9.17, 15) is 0 Å². The molecule has 1 rings (SSSR count). The Morgan fingerprint density at radius 1 is 1.27 bits per heavy atom. The second kappa shape index (κ2) is 5.52. The van der Waals surface area contributed by atoms with Crippen LogP contribution in [0.25, 0.3) is 0 Å². The van der Waals surface area contributed by atoms with Crippen LogP contribution in [0.1, 0.15) is 27.2 Å². The van der Waals surface area contributed by atoms with Crippen LogP contribution in [0.3, 0.4) is 0 Å². The summed E-state index contributed by atoms with van der Waals surface area (Å²) in [6, 6.07) is 0. The Bertz CT molecular complexity index is 85.3. The van der Waals surface area contributed by atoms with Gasteiger partial charge in [-0.2, -0.15) is 0 Å². The number of aliphatic hydroxyl groups is 2. The van der Waals surface area contributed by atoms with Gasteiger partial charge in [-0.05, 0) is 13.3 Å². The average molecular weight is 162 g/mol. The highest BCUT2D eigenvalue weighted by atomic mass is 16.5. The summed E-state index contributed by atoms with van der Waals surface area (Å²) in [4.78, 5) is 0. The molecule has 0 saturated carbocycles. The van der Waals surface area contributed by atoms with Gasteiger partial charge in [0, 0.05) is 6.61 Å². The van der Waals surface area contributed by atoms with Crippen LogP contribution in [-0.2, 0) is 4.74 Å². The Labute approximate surface area is 68.0 Å². The fourth-order valence-corrected chi connectivity index (χ4v) is 0.957. The molecule has 0 aromatic rings. The predicted molar refractivity (Wildman–Crippen MR) is 43.4 cm³/mol. The van der Waals surface area contributed by atoms with Crippen LogP contribution in [-0.4, -0.2) is 35.1 Å². The van der Waals surface area contributed by atoms with Gasteiger partial charge in [0.25, 0.3) is 0 Å². The first-order valence-electron chi connectivity index (χ1n) is 4.19. The molecule has 0 amide bonds. The maximum absolute atomic E-state index is 9.07. The first-order valence-corrected chi connectivity index (χ1v) is 4.19. The van der Waals surface area contributed by atoms with E-state index in [2.05, 4.69) is 0 Å². The highest BCUT2D eigenvalue weighted by molar-refractivity contribution is 4.77. The molecule has 0 aromatic carbocycles. The summed E-state index contributed by atoms with van der Waals surface area (Å²) in [6.07, 6.45) is -0.952. The minimum absolute atomic E-state index is 0.214. The minimum atomic E-state index is -0.696. The molecule has 0 radical (unpaired) electrons. The number of hydrogen-bond acceptors (Lipinski definition) is 3. The lowest BCUT2D eigenvalue weighted by Crippen LogP contribution is -2.42. The summed E-state index contributed by atoms with van der Waals surface area (Å²) < 4.78 is 5.05. The average Bonchev–Trinajstić information content (AvgIpc) is 2.04. The first-order chi connectivity index (χ1) is 5.22. The van der Waals surface area contributed by atoms with E-state index in [1.54, 1.807) is 6.92 Å². The first kappa shape index (κ1) is 10.9. The fourth-order valence-electron chi connectivity index (χ4n) is 0.957. The molecule has 1 aliphatic rings. The molecule has 2 N–H and O–H groups in total. The summed E-state index contributed by atoms with van der Waals surface area (Å²) >= 11 is 0. The van der Waals surface area contributed by atoms with Gasteiger partial charge in [0.1, 0.15) is 6.10 Å². The number of rotatable bonds is 0. The van der Waals surface area contributed by atoms with Crippen molar-refractivity contribution in [2.45, 2.75) is 45.5 Å². The van der Waals surface area contributed by atoms with E-state index in [0.29, 0.717) is 13.0 Å². The van der Waals surface area contributed by atoms with Crippen molar-refractivity contribution in [3.05, 3.63) is 0 Å². The largest absolute Gasteiger partial charge is 0.390 e. The van der Waals surface area contributed by atoms with Gasteiger partial charge < -0.3 is 14.9 Å². The van der Waals surface area contributed by atoms with E-state index in [0.717, 1.165) is 0 Å². The van der Waals surface area contributed by atoms with E-state index in [1.165, 1.54) is 0 Å². The molecule has 3 nitrogen and oxygen atoms in total. The second-order valence-corrected chi connectivity index (χ2v) is 2.42. The van der Waals surface area contributed by atoms with E-state index in [4.69, 9.17) is 14.9 Å². The summed E-state index contributed by atoms with van der Waals surface area (Å²) in [6.45, 7) is 6.31. The molecular weight excluding hydrogens is 144 g/mol. The maximum atomic E-state index is 9.07. The van der Waals surface area contributed by atoms with Crippen LogP contribution < -0.4 is 0 Å². The molecule has 0 aromatic heterocycles. The van der Waals surface area contributed by atoms with Gasteiger partial charge in [-0.3, -0.25) is 0 Å². The van der Waals surface area contributed by atoms with Gasteiger partial charge in [0.15, 0.2) is 0 Å². The van der Waals surface area contributed by atoms with Crippen molar-refractivity contribution in [1.82, 2.24) is 0 Å². The van der Waals surface area contributed by atoms with Gasteiger partial charge in [-0.15, -0.1) is 0 Å². The van der Waals surface area contributed by atoms with Crippen LogP contribution in [0.2, 0.25) is 0 Å². The lowest BCUT2D eigenvalue weighted by Gasteiger charge is -2.29. The molecule has 1 aliphatic heterocycles. The number of hydrogen-bond donors (Lipinski definition) is 2. The van der Waals surface area contributed by atoms with E-state index < -0.39 is 12.2 Å². The van der Waals surface area contributed by atoms with Crippen molar-refractivity contribution >= 4 is 0 Å². The lowest BCUT2D eigenvalue weighted by atomic mass is 10.0. The van der Waals surface area contributed by atoms with E-state index >= 15 is 0 Å². The van der Waals surface area contributed by atoms with Crippen molar-refractivity contribution in [2.75, 3.05) is 6.61 Å². The normalized spacial score (nSPS) is 37.4. The smallest absolute Gasteiger partial charge is 0.106 e. The van der Waals surface area contributed by atoms with E-state index in [1.807, 2.05) is 13.8 Å². The zero-order valence-corrected chi connectivity index (χ0v) is 7.45. The number of aliphatic hydroxyl groups excluding tert-OH is 2. The molecule has 68 valence electrons. The highest BCUT2D eigenvalue weighted by Crippen LogP contribution is 2.13. The van der Waals surface area contributed by atoms with Gasteiger partial charge in [0.2, 0.25) is 0 Å². The Kier molecular flexibility index (Phi) is 5.46. The van der Waals surface area contributed by atoms with Crippen LogP contribution >= 0.6 is 0 Å². The summed E-state index contributed by atoms with van der Waals surface area (Å²) in [5.74, 6) is 0. The SMILES string of the molecule is CC.CC1OCCC(O)C1O. The molecule has 0 aliphatic carbocycles. The molecular formula is C8H18O3. The Hall–Kier alpha value is -0.120. The summed E-state index contributed by atoms with van der Waals surface area (Å²) in [5, 5.41) is 18.1. The third-order valence-corrected chi connectivity index (χ3v) is 1.67. The Morgan fingerprint density at radius 3 is 2.18 bits per heavy atom. The van der Waals surface area contributed by atoms with Gasteiger partial charge in [-0.1, -0.05) is 13.8 Å². The van der Waals surface area contributed by atoms with Crippen molar-refractivity contribution in [3.8, 4) is 0 Å². The van der Waals surface area contributed by atoms with Crippen molar-refractivity contribution in [3.63, 3.8) is 0 Å². The summed E-state index contributed by atoms with van der Waals surface area (Å²) in [7, 11) is 0. The second-order valence-electron chi connectivity index (χ2n) is 2.42. The Morgan fingerprint density at radius 2 is 1.82 bits per heavy atom. The van der Waals surface area contributed by atoms with Crippen molar-refractivity contribution in [2.24, 2.45) is 0 Å². The molecule has 3 unspecified atom stereocenters.